The topological polar surface area (TPSA) is 63.2 Å². The van der Waals surface area contributed by atoms with Gasteiger partial charge in [-0.2, -0.15) is 0 Å². The second-order valence-electron chi connectivity index (χ2n) is 4.90. The van der Waals surface area contributed by atoms with E-state index in [4.69, 9.17) is 45.5 Å². The maximum Gasteiger partial charge on any atom is 0.262 e. The quantitative estimate of drug-likeness (QED) is 0.621. The lowest BCUT2D eigenvalue weighted by atomic mass is 10.1. The van der Waals surface area contributed by atoms with Gasteiger partial charge >= 0.3 is 0 Å². The van der Waals surface area contributed by atoms with Gasteiger partial charge in [-0.1, -0.05) is 34.8 Å². The summed E-state index contributed by atoms with van der Waals surface area (Å²) in [5.74, 6) is -0.157. The molecule has 1 saturated carbocycles. The minimum Gasteiger partial charge on any atom is -0.349 e. The summed E-state index contributed by atoms with van der Waals surface area (Å²) in [6.45, 7) is 1.86. The summed E-state index contributed by atoms with van der Waals surface area (Å²) in [6.07, 6.45) is 2.08. The lowest BCUT2D eigenvalue weighted by molar-refractivity contribution is 0.0936. The van der Waals surface area contributed by atoms with Crippen molar-refractivity contribution >= 4 is 60.4 Å². The zero-order valence-electron chi connectivity index (χ0n) is 10.8. The van der Waals surface area contributed by atoms with Gasteiger partial charge in [-0.3, -0.25) is 4.79 Å². The minimum atomic E-state index is -4.14. The van der Waals surface area contributed by atoms with Crippen LogP contribution in [0, 0.1) is 5.92 Å². The average Bonchev–Trinajstić information content (AvgIpc) is 3.16. The van der Waals surface area contributed by atoms with Gasteiger partial charge in [0, 0.05) is 16.7 Å². The monoisotopic (exact) mass is 389 g/mol. The molecule has 1 unspecified atom stereocenters. The molecule has 1 fully saturated rings. The summed E-state index contributed by atoms with van der Waals surface area (Å²) in [6, 6.07) is 0.968. The molecule has 1 aromatic carbocycles. The number of halogens is 4. The lowest BCUT2D eigenvalue weighted by Gasteiger charge is -2.16. The molecular weight excluding hydrogens is 380 g/mol. The van der Waals surface area contributed by atoms with Crippen LogP contribution in [0.3, 0.4) is 0 Å². The number of carbonyl (C=O) groups excluding carboxylic acids is 1. The molecule has 4 nitrogen and oxygen atoms in total. The molecule has 0 heterocycles. The molecule has 21 heavy (non-hydrogen) atoms. The number of amides is 1. The number of hydrogen-bond acceptors (Lipinski definition) is 3. The van der Waals surface area contributed by atoms with Crippen LogP contribution in [0.4, 0.5) is 0 Å². The van der Waals surface area contributed by atoms with Gasteiger partial charge in [0.25, 0.3) is 15.0 Å². The van der Waals surface area contributed by atoms with E-state index >= 15 is 0 Å². The molecule has 1 aromatic rings. The highest BCUT2D eigenvalue weighted by atomic mass is 35.7. The Bertz CT molecular complexity index is 701. The van der Waals surface area contributed by atoms with Crippen molar-refractivity contribution in [1.29, 1.82) is 0 Å². The molecule has 116 valence electrons. The van der Waals surface area contributed by atoms with Gasteiger partial charge in [0.15, 0.2) is 0 Å². The van der Waals surface area contributed by atoms with E-state index in [1.165, 1.54) is 0 Å². The Morgan fingerprint density at radius 3 is 2.33 bits per heavy atom. The van der Waals surface area contributed by atoms with E-state index < -0.39 is 19.9 Å². The Labute approximate surface area is 142 Å². The Hall–Kier alpha value is -0.200. The van der Waals surface area contributed by atoms with E-state index in [0.29, 0.717) is 5.92 Å². The van der Waals surface area contributed by atoms with Crippen molar-refractivity contribution in [3.8, 4) is 0 Å². The molecule has 1 amide bonds. The van der Waals surface area contributed by atoms with E-state index in [1.54, 1.807) is 0 Å². The summed E-state index contributed by atoms with van der Waals surface area (Å²) in [7, 11) is 1.14. The van der Waals surface area contributed by atoms with Crippen molar-refractivity contribution in [3.05, 3.63) is 26.7 Å². The molecule has 1 atom stereocenters. The van der Waals surface area contributed by atoms with Gasteiger partial charge in [0.2, 0.25) is 0 Å². The van der Waals surface area contributed by atoms with E-state index in [1.807, 2.05) is 6.92 Å². The van der Waals surface area contributed by atoms with Crippen molar-refractivity contribution in [1.82, 2.24) is 5.32 Å². The third-order valence-corrected chi connectivity index (χ3v) is 5.94. The highest BCUT2D eigenvalue weighted by Gasteiger charge is 2.31. The lowest BCUT2D eigenvalue weighted by Crippen LogP contribution is -2.34. The number of carbonyl (C=O) groups is 1. The number of rotatable bonds is 4. The minimum absolute atomic E-state index is 0.0559. The van der Waals surface area contributed by atoms with Gasteiger partial charge in [0.1, 0.15) is 4.90 Å². The normalized spacial score (nSPS) is 16.6. The molecule has 0 bridgehead atoms. The average molecular weight is 391 g/mol. The van der Waals surface area contributed by atoms with Crippen molar-refractivity contribution < 1.29 is 13.2 Å². The van der Waals surface area contributed by atoms with Gasteiger partial charge in [-0.25, -0.2) is 8.42 Å². The Morgan fingerprint density at radius 2 is 1.86 bits per heavy atom. The van der Waals surface area contributed by atoms with Crippen LogP contribution in [0.5, 0.6) is 0 Å². The summed E-state index contributed by atoms with van der Waals surface area (Å²) >= 11 is 17.8. The van der Waals surface area contributed by atoms with Crippen molar-refractivity contribution in [2.45, 2.75) is 30.7 Å². The van der Waals surface area contributed by atoms with Crippen LogP contribution in [0.1, 0.15) is 30.1 Å². The standard InChI is InChI=1S/C12H11Cl4NO3S/c1-5(6-2-3-6)17-12(18)9-10(14)7(13)4-8(11(9)15)21(16,19)20/h4-6H,2-3H2,1H3,(H,17,18). The van der Waals surface area contributed by atoms with Crippen molar-refractivity contribution in [3.63, 3.8) is 0 Å². The predicted molar refractivity (Wildman–Crippen MR) is 84.2 cm³/mol. The predicted octanol–water partition coefficient (Wildman–Crippen LogP) is 4.10. The molecule has 1 aliphatic carbocycles. The Balaban J connectivity index is 2.46. The second kappa shape index (κ2) is 6.13. The highest BCUT2D eigenvalue weighted by Crippen LogP contribution is 2.38. The molecule has 0 aromatic heterocycles. The fourth-order valence-electron chi connectivity index (χ4n) is 1.95. The van der Waals surface area contributed by atoms with Crippen LogP contribution in [0.15, 0.2) is 11.0 Å². The molecule has 1 aliphatic rings. The third kappa shape index (κ3) is 3.77. The first kappa shape index (κ1) is 17.2. The maximum atomic E-state index is 12.3. The van der Waals surface area contributed by atoms with Crippen molar-refractivity contribution in [2.24, 2.45) is 5.92 Å². The summed E-state index contributed by atoms with van der Waals surface area (Å²) < 4.78 is 23.0. The Morgan fingerprint density at radius 1 is 1.29 bits per heavy atom. The fraction of sp³-hybridized carbons (Fsp3) is 0.417. The first-order valence-electron chi connectivity index (χ1n) is 6.06. The molecule has 2 rings (SSSR count). The van der Waals surface area contributed by atoms with Gasteiger partial charge < -0.3 is 5.32 Å². The smallest absolute Gasteiger partial charge is 0.262 e. The summed E-state index contributed by atoms with van der Waals surface area (Å²) in [4.78, 5) is 11.8. The number of nitrogens with one attached hydrogen (secondary N) is 1. The van der Waals surface area contributed by atoms with E-state index in [2.05, 4.69) is 5.32 Å². The van der Waals surface area contributed by atoms with E-state index in [0.717, 1.165) is 18.9 Å². The van der Waals surface area contributed by atoms with Crippen LogP contribution >= 0.6 is 45.5 Å². The first-order chi connectivity index (χ1) is 9.62. The maximum absolute atomic E-state index is 12.3. The van der Waals surface area contributed by atoms with Gasteiger partial charge in [-0.05, 0) is 31.7 Å². The summed E-state index contributed by atoms with van der Waals surface area (Å²) in [5, 5.41) is 2.20. The van der Waals surface area contributed by atoms with Crippen LogP contribution in [0.25, 0.3) is 0 Å². The third-order valence-electron chi connectivity index (χ3n) is 3.30. The molecule has 0 spiro atoms. The largest absolute Gasteiger partial charge is 0.349 e. The number of hydrogen-bond donors (Lipinski definition) is 1. The Kier molecular flexibility index (Phi) is 5.01. The van der Waals surface area contributed by atoms with Gasteiger partial charge in [-0.15, -0.1) is 0 Å². The molecule has 1 N–H and O–H groups in total. The zero-order valence-corrected chi connectivity index (χ0v) is 14.6. The summed E-state index contributed by atoms with van der Waals surface area (Å²) in [5.41, 5.74) is -0.183. The number of benzene rings is 1. The van der Waals surface area contributed by atoms with Gasteiger partial charge in [0.05, 0.1) is 20.6 Å². The fourth-order valence-corrected chi connectivity index (χ4v) is 4.10. The molecule has 9 heteroatoms. The molecule has 0 saturated heterocycles. The zero-order chi connectivity index (χ0) is 15.9. The van der Waals surface area contributed by atoms with Crippen LogP contribution in [-0.4, -0.2) is 20.4 Å². The van der Waals surface area contributed by atoms with Crippen LogP contribution in [-0.2, 0) is 9.05 Å². The van der Waals surface area contributed by atoms with Crippen LogP contribution < -0.4 is 5.32 Å². The molecular formula is C12H11Cl4NO3S. The van der Waals surface area contributed by atoms with Crippen molar-refractivity contribution in [2.75, 3.05) is 0 Å². The second-order valence-corrected chi connectivity index (χ2v) is 8.59. The molecule has 0 radical (unpaired) electrons. The first-order valence-corrected chi connectivity index (χ1v) is 9.50. The SMILES string of the molecule is CC(NC(=O)c1c(Cl)c(Cl)cc(S(=O)(=O)Cl)c1Cl)C1CC1. The van der Waals surface area contributed by atoms with E-state index in [-0.39, 0.29) is 26.7 Å². The van der Waals surface area contributed by atoms with Crippen LogP contribution in [0.2, 0.25) is 15.1 Å². The molecule has 0 aliphatic heterocycles. The van der Waals surface area contributed by atoms with E-state index in [9.17, 15) is 13.2 Å². The highest BCUT2D eigenvalue weighted by molar-refractivity contribution is 8.13.